The molecule has 1 N–H and O–H groups in total. The molecule has 1 fully saturated rings. The van der Waals surface area contributed by atoms with Crippen LogP contribution in [0.3, 0.4) is 0 Å². The predicted octanol–water partition coefficient (Wildman–Crippen LogP) is 5.72. The number of rotatable bonds is 6. The molecule has 0 atom stereocenters. The van der Waals surface area contributed by atoms with Crippen molar-refractivity contribution in [1.29, 1.82) is 0 Å². The van der Waals surface area contributed by atoms with Crippen LogP contribution in [0.2, 0.25) is 5.02 Å². The van der Waals surface area contributed by atoms with E-state index in [9.17, 15) is 0 Å². The first-order valence-electron chi connectivity index (χ1n) is 11.1. The number of benzene rings is 1. The number of allylic oxidation sites excluding steroid dienone is 1. The first-order chi connectivity index (χ1) is 14.3. The van der Waals surface area contributed by atoms with Crippen molar-refractivity contribution in [1.82, 2.24) is 14.9 Å². The van der Waals surface area contributed by atoms with Gasteiger partial charge in [0.15, 0.2) is 0 Å². The molecule has 0 amide bonds. The Kier molecular flexibility index (Phi) is 5.91. The van der Waals surface area contributed by atoms with E-state index in [2.05, 4.69) is 59.7 Å². The molecule has 1 saturated heterocycles. The lowest BCUT2D eigenvalue weighted by atomic mass is 9.72. The van der Waals surface area contributed by atoms with Gasteiger partial charge in [-0.15, -0.1) is 0 Å². The van der Waals surface area contributed by atoms with Gasteiger partial charge in [-0.05, 0) is 81.1 Å². The van der Waals surface area contributed by atoms with Crippen molar-refractivity contribution < 1.29 is 0 Å². The highest BCUT2D eigenvalue weighted by atomic mass is 35.5. The Morgan fingerprint density at radius 3 is 2.57 bits per heavy atom. The normalized spacial score (nSPS) is 18.5. The van der Waals surface area contributed by atoms with Crippen LogP contribution in [-0.2, 0) is 17.3 Å². The van der Waals surface area contributed by atoms with Gasteiger partial charge in [0.05, 0.1) is 0 Å². The quantitative estimate of drug-likeness (QED) is 0.643. The fourth-order valence-corrected chi connectivity index (χ4v) is 4.87. The van der Waals surface area contributed by atoms with Crippen molar-refractivity contribution in [2.45, 2.75) is 63.7 Å². The largest absolute Gasteiger partial charge is 0.358 e. The number of nitrogens with one attached hydrogen (secondary N) is 1. The number of nitrogens with zero attached hydrogens (tertiary/aromatic N) is 3. The summed E-state index contributed by atoms with van der Waals surface area (Å²) in [6, 6.07) is 6.16. The van der Waals surface area contributed by atoms with Crippen LogP contribution in [0.15, 0.2) is 42.9 Å². The maximum atomic E-state index is 6.29. The third-order valence-electron chi connectivity index (χ3n) is 7.20. The number of hydrogen-bond donors (Lipinski definition) is 1. The minimum Gasteiger partial charge on any atom is -0.358 e. The molecule has 5 heteroatoms. The highest BCUT2D eigenvalue weighted by Crippen LogP contribution is 2.50. The fourth-order valence-electron chi connectivity index (χ4n) is 4.69. The van der Waals surface area contributed by atoms with E-state index < -0.39 is 0 Å². The zero-order valence-electron chi connectivity index (χ0n) is 18.5. The van der Waals surface area contributed by atoms with Crippen molar-refractivity contribution in [2.75, 3.05) is 25.0 Å². The lowest BCUT2D eigenvalue weighted by Gasteiger charge is -2.40. The average molecular weight is 425 g/mol. The third-order valence-corrected chi connectivity index (χ3v) is 7.44. The Labute approximate surface area is 185 Å². The molecule has 1 spiro atoms. The Morgan fingerprint density at radius 2 is 1.90 bits per heavy atom. The van der Waals surface area contributed by atoms with Gasteiger partial charge in [-0.1, -0.05) is 39.0 Å². The molecule has 4 nitrogen and oxygen atoms in total. The molecule has 0 unspecified atom stereocenters. The van der Waals surface area contributed by atoms with Crippen LogP contribution in [0.5, 0.6) is 0 Å². The number of piperidine rings is 1. The van der Waals surface area contributed by atoms with E-state index in [1.807, 2.05) is 18.5 Å². The second-order valence-electron chi connectivity index (χ2n) is 9.47. The summed E-state index contributed by atoms with van der Waals surface area (Å²) in [6.07, 6.45) is 9.42. The summed E-state index contributed by atoms with van der Waals surface area (Å²) in [4.78, 5) is 11.8. The monoisotopic (exact) mass is 424 g/mol. The minimum absolute atomic E-state index is 0.0342. The maximum absolute atomic E-state index is 6.29. The first-order valence-corrected chi connectivity index (χ1v) is 11.5. The highest BCUT2D eigenvalue weighted by Gasteiger charge is 2.44. The van der Waals surface area contributed by atoms with Crippen LogP contribution in [0.4, 0.5) is 5.69 Å². The number of aryl methyl sites for hydroxylation is 1. The van der Waals surface area contributed by atoms with Crippen molar-refractivity contribution in [3.05, 3.63) is 64.8 Å². The lowest BCUT2D eigenvalue weighted by molar-refractivity contribution is 0.179. The molecule has 0 aliphatic carbocycles. The van der Waals surface area contributed by atoms with Gasteiger partial charge < -0.3 is 10.2 Å². The summed E-state index contributed by atoms with van der Waals surface area (Å²) < 4.78 is 0. The van der Waals surface area contributed by atoms with E-state index >= 15 is 0 Å². The van der Waals surface area contributed by atoms with Crippen molar-refractivity contribution in [3.8, 4) is 0 Å². The van der Waals surface area contributed by atoms with Crippen molar-refractivity contribution in [3.63, 3.8) is 0 Å². The Balaban J connectivity index is 1.30. The number of anilines is 1. The molecule has 4 rings (SSSR count). The molecule has 0 radical (unpaired) electrons. The Hall–Kier alpha value is -1.91. The number of hydrogen-bond acceptors (Lipinski definition) is 4. The van der Waals surface area contributed by atoms with E-state index in [0.29, 0.717) is 0 Å². The molecular weight excluding hydrogens is 392 g/mol. The van der Waals surface area contributed by atoms with E-state index in [1.165, 1.54) is 16.8 Å². The molecule has 0 bridgehead atoms. The van der Waals surface area contributed by atoms with Gasteiger partial charge in [0.25, 0.3) is 0 Å². The van der Waals surface area contributed by atoms with E-state index in [4.69, 9.17) is 11.6 Å². The summed E-state index contributed by atoms with van der Waals surface area (Å²) in [5.74, 6) is 0.945. The zero-order valence-corrected chi connectivity index (χ0v) is 19.2. The van der Waals surface area contributed by atoms with E-state index in [0.717, 1.165) is 68.3 Å². The van der Waals surface area contributed by atoms with E-state index in [-0.39, 0.29) is 10.8 Å². The highest BCUT2D eigenvalue weighted by molar-refractivity contribution is 6.30. The maximum Gasteiger partial charge on any atom is 0.133 e. The molecule has 1 aromatic heterocycles. The molecule has 0 saturated carbocycles. The topological polar surface area (TPSA) is 41.0 Å². The second-order valence-corrected chi connectivity index (χ2v) is 9.91. The van der Waals surface area contributed by atoms with Crippen molar-refractivity contribution >= 4 is 17.3 Å². The molecule has 1 aromatic carbocycles. The van der Waals surface area contributed by atoms with Gasteiger partial charge in [0.1, 0.15) is 5.82 Å². The molecule has 2 aliphatic heterocycles. The SMILES string of the molecule is C=C1Nc2ccc(Cl)cc2C12CCN(CCCc1cnc(C(C)(C)CC)nc1)CC2. The fraction of sp³-hybridized carbons (Fsp3) is 0.520. The number of fused-ring (bicyclic) bond motifs is 2. The molecule has 160 valence electrons. The number of likely N-dealkylation sites (tertiary alicyclic amines) is 1. The average Bonchev–Trinajstić information content (AvgIpc) is 3.01. The minimum atomic E-state index is 0.0342. The van der Waals surface area contributed by atoms with Gasteiger partial charge in [-0.2, -0.15) is 0 Å². The van der Waals surface area contributed by atoms with Crippen LogP contribution in [0.25, 0.3) is 0 Å². The summed E-state index contributed by atoms with van der Waals surface area (Å²) in [5.41, 5.74) is 4.94. The molecule has 2 aliphatic rings. The Bertz CT molecular complexity index is 911. The first kappa shape index (κ1) is 21.3. The van der Waals surface area contributed by atoms with Crippen LogP contribution in [0.1, 0.15) is 63.4 Å². The van der Waals surface area contributed by atoms with Gasteiger partial charge in [0, 0.05) is 39.6 Å². The lowest BCUT2D eigenvalue weighted by Crippen LogP contribution is -2.43. The van der Waals surface area contributed by atoms with Gasteiger partial charge >= 0.3 is 0 Å². The predicted molar refractivity (Wildman–Crippen MR) is 125 cm³/mol. The van der Waals surface area contributed by atoms with Crippen LogP contribution in [-0.4, -0.2) is 34.5 Å². The third kappa shape index (κ3) is 4.00. The van der Waals surface area contributed by atoms with E-state index in [1.54, 1.807) is 0 Å². The molecule has 3 heterocycles. The van der Waals surface area contributed by atoms with Crippen molar-refractivity contribution in [2.24, 2.45) is 0 Å². The van der Waals surface area contributed by atoms with Gasteiger partial charge in [-0.3, -0.25) is 0 Å². The van der Waals surface area contributed by atoms with Crippen LogP contribution < -0.4 is 5.32 Å². The number of halogens is 1. The number of aromatic nitrogens is 2. The van der Waals surface area contributed by atoms with Gasteiger partial charge in [0.2, 0.25) is 0 Å². The summed E-state index contributed by atoms with van der Waals surface area (Å²) >= 11 is 6.29. The standard InChI is InChI=1S/C25H33ClN4/c1-5-24(3,4)23-27-16-19(17-28-23)7-6-12-30-13-10-25(11-14-30)18(2)29-22-9-8-20(26)15-21(22)25/h8-9,15-17,29H,2,5-7,10-14H2,1,3-4H3. The smallest absolute Gasteiger partial charge is 0.133 e. The second kappa shape index (κ2) is 8.32. The summed E-state index contributed by atoms with van der Waals surface area (Å²) in [6.45, 7) is 14.2. The van der Waals surface area contributed by atoms with Gasteiger partial charge in [-0.25, -0.2) is 9.97 Å². The molecule has 2 aromatic rings. The Morgan fingerprint density at radius 1 is 1.20 bits per heavy atom. The summed E-state index contributed by atoms with van der Waals surface area (Å²) in [7, 11) is 0. The van der Waals surface area contributed by atoms with Crippen LogP contribution in [0, 0.1) is 0 Å². The summed E-state index contributed by atoms with van der Waals surface area (Å²) in [5, 5.41) is 4.31. The zero-order chi connectivity index (χ0) is 21.4. The molecular formula is C25H33ClN4. The molecule has 30 heavy (non-hydrogen) atoms. The van der Waals surface area contributed by atoms with Crippen LogP contribution >= 0.6 is 11.6 Å².